The van der Waals surface area contributed by atoms with E-state index < -0.39 is 10.8 Å². The molecular weight excluding hydrogens is 354 g/mol. The van der Waals surface area contributed by atoms with E-state index in [2.05, 4.69) is 10.3 Å². The van der Waals surface area contributed by atoms with E-state index in [-0.39, 0.29) is 12.3 Å². The second kappa shape index (κ2) is 7.75. The molecule has 0 aliphatic heterocycles. The molecule has 2 aromatic carbocycles. The minimum absolute atomic E-state index is 0.0864. The van der Waals surface area contributed by atoms with Gasteiger partial charge in [0.2, 0.25) is 0 Å². The van der Waals surface area contributed by atoms with Crippen LogP contribution >= 0.6 is 11.3 Å². The van der Waals surface area contributed by atoms with Gasteiger partial charge in [0, 0.05) is 34.5 Å². The number of aromatic nitrogens is 1. The normalized spacial score (nSPS) is 10.3. The zero-order valence-electron chi connectivity index (χ0n) is 13.8. The topological polar surface area (TPSA) is 94.4 Å². The van der Waals surface area contributed by atoms with E-state index in [0.717, 1.165) is 16.3 Å². The molecular formula is C18H15N3O4S. The van der Waals surface area contributed by atoms with Crippen LogP contribution in [0.1, 0.15) is 5.69 Å². The number of nitrogens with zero attached hydrogens (tertiary/aromatic N) is 2. The molecule has 0 spiro atoms. The Balaban J connectivity index is 1.56. The van der Waals surface area contributed by atoms with Crippen LogP contribution in [0, 0.1) is 17.0 Å². The maximum atomic E-state index is 11.9. The second-order valence-electron chi connectivity index (χ2n) is 5.46. The average Bonchev–Trinajstić information content (AvgIpc) is 3.07. The Bertz CT molecular complexity index is 938. The average molecular weight is 369 g/mol. The van der Waals surface area contributed by atoms with Crippen LogP contribution in [0.3, 0.4) is 0 Å². The van der Waals surface area contributed by atoms with Crippen LogP contribution in [0.25, 0.3) is 10.6 Å². The van der Waals surface area contributed by atoms with Gasteiger partial charge in [0.1, 0.15) is 10.8 Å². The van der Waals surface area contributed by atoms with Crippen molar-refractivity contribution in [2.24, 2.45) is 0 Å². The molecule has 0 aliphatic rings. The van der Waals surface area contributed by atoms with Gasteiger partial charge in [0.25, 0.3) is 11.6 Å². The van der Waals surface area contributed by atoms with E-state index in [1.165, 1.54) is 18.2 Å². The molecule has 0 unspecified atom stereocenters. The number of non-ortho nitro benzene ring substituents is 1. The van der Waals surface area contributed by atoms with E-state index in [1.54, 1.807) is 29.5 Å². The van der Waals surface area contributed by atoms with Crippen LogP contribution in [0.2, 0.25) is 0 Å². The Kier molecular flexibility index (Phi) is 5.23. The lowest BCUT2D eigenvalue weighted by atomic mass is 10.2. The summed E-state index contributed by atoms with van der Waals surface area (Å²) in [7, 11) is 0. The number of ether oxygens (including phenoxy) is 1. The van der Waals surface area contributed by atoms with Crippen molar-refractivity contribution in [1.82, 2.24) is 4.98 Å². The van der Waals surface area contributed by atoms with Gasteiger partial charge in [-0.1, -0.05) is 6.07 Å². The predicted molar refractivity (Wildman–Crippen MR) is 99.5 cm³/mol. The number of anilines is 1. The number of carbonyl (C=O) groups excluding carboxylic acids is 1. The summed E-state index contributed by atoms with van der Waals surface area (Å²) in [5.41, 5.74) is 2.22. The van der Waals surface area contributed by atoms with Crippen LogP contribution < -0.4 is 10.1 Å². The standard InChI is InChI=1S/C18H15N3O4S/c1-12-11-26-18(19-12)13-5-7-16(8-6-13)25-10-17(22)20-14-3-2-4-15(9-14)21(23)24/h2-9,11H,10H2,1H3,(H,20,22). The van der Waals surface area contributed by atoms with Crippen molar-refractivity contribution >= 4 is 28.6 Å². The lowest BCUT2D eigenvalue weighted by Crippen LogP contribution is -2.20. The minimum Gasteiger partial charge on any atom is -0.484 e. The number of carbonyl (C=O) groups is 1. The first kappa shape index (κ1) is 17.6. The Morgan fingerprint density at radius 2 is 2.04 bits per heavy atom. The summed E-state index contributed by atoms with van der Waals surface area (Å²) in [5.74, 6) is 0.154. The molecule has 3 aromatic rings. The zero-order valence-corrected chi connectivity index (χ0v) is 14.7. The molecule has 1 heterocycles. The molecule has 0 saturated carbocycles. The van der Waals surface area contributed by atoms with Crippen molar-refractivity contribution in [3.05, 3.63) is 69.7 Å². The number of hydrogen-bond acceptors (Lipinski definition) is 6. The fourth-order valence-corrected chi connectivity index (χ4v) is 3.03. The van der Waals surface area contributed by atoms with Gasteiger partial charge in [0.05, 0.1) is 4.92 Å². The van der Waals surface area contributed by atoms with Gasteiger partial charge in [-0.25, -0.2) is 4.98 Å². The number of amides is 1. The minimum atomic E-state index is -0.516. The third-order valence-corrected chi connectivity index (χ3v) is 4.44. The summed E-state index contributed by atoms with van der Waals surface area (Å²) in [6.45, 7) is 1.75. The van der Waals surface area contributed by atoms with Crippen LogP contribution in [-0.2, 0) is 4.79 Å². The van der Waals surface area contributed by atoms with E-state index >= 15 is 0 Å². The summed E-state index contributed by atoms with van der Waals surface area (Å²) < 4.78 is 5.45. The first-order valence-corrected chi connectivity index (χ1v) is 8.59. The Hall–Kier alpha value is -3.26. The quantitative estimate of drug-likeness (QED) is 0.523. The predicted octanol–water partition coefficient (Wildman–Crippen LogP) is 4.04. The largest absolute Gasteiger partial charge is 0.484 e. The number of rotatable bonds is 6. The van der Waals surface area contributed by atoms with Gasteiger partial charge in [0.15, 0.2) is 6.61 Å². The summed E-state index contributed by atoms with van der Waals surface area (Å²) >= 11 is 1.57. The number of nitrogens with one attached hydrogen (secondary N) is 1. The first-order chi connectivity index (χ1) is 12.5. The lowest BCUT2D eigenvalue weighted by Gasteiger charge is -2.08. The highest BCUT2D eigenvalue weighted by atomic mass is 32.1. The van der Waals surface area contributed by atoms with Gasteiger partial charge in [-0.15, -0.1) is 11.3 Å². The van der Waals surface area contributed by atoms with Gasteiger partial charge in [-0.2, -0.15) is 0 Å². The van der Waals surface area contributed by atoms with Crippen LogP contribution in [0.5, 0.6) is 5.75 Å². The smallest absolute Gasteiger partial charge is 0.271 e. The SMILES string of the molecule is Cc1csc(-c2ccc(OCC(=O)Nc3cccc([N+](=O)[O-])c3)cc2)n1. The molecule has 132 valence electrons. The maximum Gasteiger partial charge on any atom is 0.271 e. The highest BCUT2D eigenvalue weighted by Crippen LogP contribution is 2.25. The van der Waals surface area contributed by atoms with Crippen LogP contribution in [0.4, 0.5) is 11.4 Å². The van der Waals surface area contributed by atoms with E-state index in [9.17, 15) is 14.9 Å². The lowest BCUT2D eigenvalue weighted by molar-refractivity contribution is -0.384. The fraction of sp³-hybridized carbons (Fsp3) is 0.111. The first-order valence-electron chi connectivity index (χ1n) is 7.71. The highest BCUT2D eigenvalue weighted by Gasteiger charge is 2.09. The molecule has 0 aliphatic carbocycles. The van der Waals surface area contributed by atoms with Crippen molar-refractivity contribution in [2.75, 3.05) is 11.9 Å². The van der Waals surface area contributed by atoms with Crippen molar-refractivity contribution < 1.29 is 14.5 Å². The molecule has 0 saturated heterocycles. The third-order valence-electron chi connectivity index (χ3n) is 3.43. The van der Waals surface area contributed by atoms with E-state index in [0.29, 0.717) is 11.4 Å². The zero-order chi connectivity index (χ0) is 18.5. The molecule has 0 atom stereocenters. The molecule has 0 fully saturated rings. The van der Waals surface area contributed by atoms with Crippen molar-refractivity contribution in [3.8, 4) is 16.3 Å². The number of nitro benzene ring substituents is 1. The number of aryl methyl sites for hydroxylation is 1. The van der Waals surface area contributed by atoms with Crippen LogP contribution in [0.15, 0.2) is 53.9 Å². The molecule has 1 aromatic heterocycles. The van der Waals surface area contributed by atoms with Gasteiger partial charge >= 0.3 is 0 Å². The monoisotopic (exact) mass is 369 g/mol. The second-order valence-corrected chi connectivity index (χ2v) is 6.32. The molecule has 0 radical (unpaired) electrons. The number of hydrogen-bond donors (Lipinski definition) is 1. The Morgan fingerprint density at radius 3 is 2.69 bits per heavy atom. The molecule has 1 amide bonds. The Morgan fingerprint density at radius 1 is 1.27 bits per heavy atom. The van der Waals surface area contributed by atoms with Gasteiger partial charge < -0.3 is 10.1 Å². The number of benzene rings is 2. The molecule has 26 heavy (non-hydrogen) atoms. The molecule has 1 N–H and O–H groups in total. The third kappa shape index (κ3) is 4.42. The van der Waals surface area contributed by atoms with Crippen molar-refractivity contribution in [1.29, 1.82) is 0 Å². The number of nitro groups is 1. The van der Waals surface area contributed by atoms with E-state index in [1.807, 2.05) is 24.4 Å². The van der Waals surface area contributed by atoms with Gasteiger partial charge in [-0.3, -0.25) is 14.9 Å². The van der Waals surface area contributed by atoms with Crippen molar-refractivity contribution in [3.63, 3.8) is 0 Å². The summed E-state index contributed by atoms with van der Waals surface area (Å²) in [4.78, 5) is 26.6. The number of thiazole rings is 1. The van der Waals surface area contributed by atoms with E-state index in [4.69, 9.17) is 4.74 Å². The van der Waals surface area contributed by atoms with Crippen molar-refractivity contribution in [2.45, 2.75) is 6.92 Å². The molecule has 8 heteroatoms. The molecule has 0 bridgehead atoms. The maximum absolute atomic E-state index is 11.9. The molecule has 7 nitrogen and oxygen atoms in total. The summed E-state index contributed by atoms with van der Waals surface area (Å²) in [6, 6.07) is 13.0. The van der Waals surface area contributed by atoms with Crippen LogP contribution in [-0.4, -0.2) is 22.4 Å². The Labute approximate surface area is 153 Å². The summed E-state index contributed by atoms with van der Waals surface area (Å²) in [5, 5.41) is 16.2. The highest BCUT2D eigenvalue weighted by molar-refractivity contribution is 7.13. The molecule has 3 rings (SSSR count). The fourth-order valence-electron chi connectivity index (χ4n) is 2.22. The van der Waals surface area contributed by atoms with Gasteiger partial charge in [-0.05, 0) is 37.3 Å². The summed E-state index contributed by atoms with van der Waals surface area (Å²) in [6.07, 6.45) is 0.